The van der Waals surface area contributed by atoms with E-state index >= 15 is 0 Å². The summed E-state index contributed by atoms with van der Waals surface area (Å²) in [6.07, 6.45) is -5.85. The minimum Gasteiger partial charge on any atom is -0.340 e. The molecular weight excluding hydrogens is 510 g/mol. The molecule has 1 aromatic rings. The molecule has 0 aliphatic heterocycles. The van der Waals surface area contributed by atoms with Gasteiger partial charge in [0, 0.05) is 0 Å². The van der Waals surface area contributed by atoms with Gasteiger partial charge in [0.15, 0.2) is 9.84 Å². The summed E-state index contributed by atoms with van der Waals surface area (Å²) in [4.78, 5) is 16.2. The molecule has 202 valence electrons. The topological polar surface area (TPSA) is 76.1 Å². The Bertz CT molecular complexity index is 1090. The third-order valence-corrected chi connectivity index (χ3v) is 10.3. The van der Waals surface area contributed by atoms with Crippen molar-refractivity contribution in [1.82, 2.24) is 10.3 Å². The Hall–Kier alpha value is -1.85. The van der Waals surface area contributed by atoms with Crippen LogP contribution in [0.1, 0.15) is 79.5 Å². The number of aryl methyl sites for hydroxylation is 1. The van der Waals surface area contributed by atoms with Crippen molar-refractivity contribution in [2.75, 3.05) is 5.75 Å². The predicted molar refractivity (Wildman–Crippen MR) is 120 cm³/mol. The molecule has 0 aromatic carbocycles. The van der Waals surface area contributed by atoms with Gasteiger partial charge in [-0.3, -0.25) is 4.79 Å². The molecule has 1 atom stereocenters. The van der Waals surface area contributed by atoms with Crippen LogP contribution in [0.15, 0.2) is 12.1 Å². The highest BCUT2D eigenvalue weighted by Crippen LogP contribution is 2.54. The maximum Gasteiger partial charge on any atom is 0.433 e. The number of pyridine rings is 1. The SMILES string of the molecule is Cc1nc(C(F)(F)F)ccc1C(=O)NC(C(F)(F)F)C1(CC2CC2)CCC(S(=O)(=O)CC2CC2)CC1. The van der Waals surface area contributed by atoms with E-state index in [4.69, 9.17) is 0 Å². The minimum atomic E-state index is -4.82. The Morgan fingerprint density at radius 1 is 1.03 bits per heavy atom. The van der Waals surface area contributed by atoms with Crippen LogP contribution in [-0.2, 0) is 16.0 Å². The average Bonchev–Trinajstić information content (AvgIpc) is 3.68. The monoisotopic (exact) mass is 540 g/mol. The summed E-state index contributed by atoms with van der Waals surface area (Å²) < 4.78 is 108. The lowest BCUT2D eigenvalue weighted by molar-refractivity contribution is -0.188. The Morgan fingerprint density at radius 2 is 1.61 bits per heavy atom. The Morgan fingerprint density at radius 3 is 2.08 bits per heavy atom. The Kier molecular flexibility index (Phi) is 7.15. The molecule has 1 heterocycles. The van der Waals surface area contributed by atoms with Gasteiger partial charge < -0.3 is 5.32 Å². The molecule has 1 aromatic heterocycles. The molecule has 5 nitrogen and oxygen atoms in total. The molecule has 4 rings (SSSR count). The highest BCUT2D eigenvalue weighted by atomic mass is 32.2. The van der Waals surface area contributed by atoms with Crippen LogP contribution < -0.4 is 5.32 Å². The Labute approximate surface area is 206 Å². The van der Waals surface area contributed by atoms with Crippen molar-refractivity contribution in [1.29, 1.82) is 0 Å². The number of halogens is 6. The van der Waals surface area contributed by atoms with E-state index in [9.17, 15) is 39.6 Å². The van der Waals surface area contributed by atoms with Crippen molar-refractivity contribution < 1.29 is 39.6 Å². The molecule has 0 saturated heterocycles. The minimum absolute atomic E-state index is 0.00671. The first kappa shape index (κ1) is 27.2. The van der Waals surface area contributed by atoms with Crippen LogP contribution >= 0.6 is 0 Å². The molecule has 36 heavy (non-hydrogen) atoms. The Balaban J connectivity index is 1.57. The van der Waals surface area contributed by atoms with E-state index in [1.54, 1.807) is 0 Å². The largest absolute Gasteiger partial charge is 0.433 e. The van der Waals surface area contributed by atoms with Crippen molar-refractivity contribution >= 4 is 15.7 Å². The standard InChI is InChI=1S/C24H30F6N2O3S/c1-14-18(6-7-19(31-14)23(25,26)27)20(33)32-21(24(28,29)30)22(12-15-2-3-15)10-8-17(9-11-22)36(34,35)13-16-4-5-16/h6-7,15-17,21H,2-5,8-13H2,1H3,(H,32,33). The van der Waals surface area contributed by atoms with Gasteiger partial charge in [-0.15, -0.1) is 0 Å². The average molecular weight is 541 g/mol. The zero-order valence-electron chi connectivity index (χ0n) is 19.9. The molecule has 0 bridgehead atoms. The van der Waals surface area contributed by atoms with E-state index < -0.39 is 50.5 Å². The molecule has 12 heteroatoms. The lowest BCUT2D eigenvalue weighted by atomic mass is 9.65. The highest BCUT2D eigenvalue weighted by molar-refractivity contribution is 7.92. The van der Waals surface area contributed by atoms with Crippen LogP contribution in [0.4, 0.5) is 26.3 Å². The van der Waals surface area contributed by atoms with Gasteiger partial charge in [0.2, 0.25) is 0 Å². The van der Waals surface area contributed by atoms with Gasteiger partial charge in [0.1, 0.15) is 11.7 Å². The molecular formula is C24H30F6N2O3S. The second-order valence-corrected chi connectivity index (χ2v) is 13.1. The van der Waals surface area contributed by atoms with Crippen LogP contribution in [0.3, 0.4) is 0 Å². The first-order valence-corrected chi connectivity index (χ1v) is 14.0. The molecule has 1 unspecified atom stereocenters. The zero-order chi connectivity index (χ0) is 26.5. The molecule has 3 saturated carbocycles. The first-order valence-electron chi connectivity index (χ1n) is 12.2. The molecule has 1 N–H and O–H groups in total. The van der Waals surface area contributed by atoms with Crippen LogP contribution in [0.2, 0.25) is 0 Å². The van der Waals surface area contributed by atoms with Crippen molar-refractivity contribution in [3.63, 3.8) is 0 Å². The third kappa shape index (κ3) is 6.16. The summed E-state index contributed by atoms with van der Waals surface area (Å²) in [5.41, 5.74) is -3.29. The second kappa shape index (κ2) is 9.47. The van der Waals surface area contributed by atoms with Gasteiger partial charge in [-0.2, -0.15) is 26.3 Å². The van der Waals surface area contributed by atoms with E-state index in [1.165, 1.54) is 0 Å². The molecule has 3 aliphatic carbocycles. The summed E-state index contributed by atoms with van der Waals surface area (Å²) in [5, 5.41) is 1.39. The fourth-order valence-corrected chi connectivity index (χ4v) is 7.75. The number of nitrogens with zero attached hydrogens (tertiary/aromatic N) is 1. The van der Waals surface area contributed by atoms with Gasteiger partial charge in [-0.05, 0) is 81.3 Å². The smallest absolute Gasteiger partial charge is 0.340 e. The van der Waals surface area contributed by atoms with E-state index in [2.05, 4.69) is 10.3 Å². The van der Waals surface area contributed by atoms with Gasteiger partial charge >= 0.3 is 12.4 Å². The number of carbonyl (C=O) groups is 1. The fraction of sp³-hybridized carbons (Fsp3) is 0.750. The number of hydrogen-bond acceptors (Lipinski definition) is 4. The molecule has 3 aliphatic rings. The molecule has 0 radical (unpaired) electrons. The number of aromatic nitrogens is 1. The van der Waals surface area contributed by atoms with Crippen LogP contribution in [0.25, 0.3) is 0 Å². The maximum absolute atomic E-state index is 14.4. The summed E-state index contributed by atoms with van der Waals surface area (Å²) in [6.45, 7) is 1.14. The van der Waals surface area contributed by atoms with Crippen molar-refractivity contribution in [2.24, 2.45) is 17.3 Å². The van der Waals surface area contributed by atoms with E-state index in [0.29, 0.717) is 6.07 Å². The molecule has 1 amide bonds. The summed E-state index contributed by atoms with van der Waals surface area (Å²) in [7, 11) is -3.40. The second-order valence-electron chi connectivity index (χ2n) is 10.8. The van der Waals surface area contributed by atoms with E-state index in [0.717, 1.165) is 38.7 Å². The van der Waals surface area contributed by atoms with Gasteiger partial charge in [-0.25, -0.2) is 13.4 Å². The quantitative estimate of drug-likeness (QED) is 0.434. The molecule has 3 fully saturated rings. The number of hydrogen-bond donors (Lipinski definition) is 1. The van der Waals surface area contributed by atoms with Gasteiger partial charge in [-0.1, -0.05) is 12.8 Å². The van der Waals surface area contributed by atoms with Crippen LogP contribution in [-0.4, -0.2) is 42.5 Å². The maximum atomic E-state index is 14.4. The summed E-state index contributed by atoms with van der Waals surface area (Å²) >= 11 is 0. The number of nitrogens with one attached hydrogen (secondary N) is 1. The van der Waals surface area contributed by atoms with Gasteiger partial charge in [0.05, 0.1) is 22.3 Å². The summed E-state index contributed by atoms with van der Waals surface area (Å²) in [5.74, 6) is -0.834. The normalized spacial score (nSPS) is 26.5. The number of rotatable bonds is 8. The highest BCUT2D eigenvalue weighted by Gasteiger charge is 2.57. The van der Waals surface area contributed by atoms with Crippen LogP contribution in [0.5, 0.6) is 0 Å². The van der Waals surface area contributed by atoms with Crippen molar-refractivity contribution in [3.05, 3.63) is 29.1 Å². The number of sulfone groups is 1. The first-order chi connectivity index (χ1) is 16.6. The van der Waals surface area contributed by atoms with E-state index in [1.807, 2.05) is 0 Å². The zero-order valence-corrected chi connectivity index (χ0v) is 20.7. The number of alkyl halides is 6. The van der Waals surface area contributed by atoms with Crippen molar-refractivity contribution in [3.8, 4) is 0 Å². The summed E-state index contributed by atoms with van der Waals surface area (Å²) in [6, 6.07) is -0.838. The fourth-order valence-electron chi connectivity index (χ4n) is 5.53. The lowest BCUT2D eigenvalue weighted by Crippen LogP contribution is -2.58. The lowest BCUT2D eigenvalue weighted by Gasteiger charge is -2.46. The van der Waals surface area contributed by atoms with Crippen LogP contribution in [0, 0.1) is 24.2 Å². The molecule has 0 spiro atoms. The third-order valence-electron chi connectivity index (χ3n) is 7.83. The predicted octanol–water partition coefficient (Wildman–Crippen LogP) is 5.62. The number of carbonyl (C=O) groups excluding carboxylic acids is 1. The van der Waals surface area contributed by atoms with E-state index in [-0.39, 0.29) is 61.0 Å². The number of amides is 1. The van der Waals surface area contributed by atoms with Gasteiger partial charge in [0.25, 0.3) is 5.91 Å². The van der Waals surface area contributed by atoms with Crippen molar-refractivity contribution in [2.45, 2.75) is 88.4 Å².